The van der Waals surface area contributed by atoms with Gasteiger partial charge in [-0.3, -0.25) is 0 Å². The topological polar surface area (TPSA) is 64.6 Å². The molecule has 3 fully saturated rings. The molecule has 148 valence electrons. The van der Waals surface area contributed by atoms with Gasteiger partial charge in [0.1, 0.15) is 18.0 Å². The average Bonchev–Trinajstić information content (AvgIpc) is 3.38. The third-order valence-corrected chi connectivity index (χ3v) is 6.13. The lowest BCUT2D eigenvalue weighted by atomic mass is 10.0. The maximum atomic E-state index is 12.5. The standard InChI is InChI=1S/C20H32N6O/c1-24(2)18-13-19(22-14-21-18)26(16-7-8-16)17-9-11-25(12-10-17)20(27)23-15-5-3-4-6-15/h13-17H,3-12H2,1-2H3,(H,23,27). The Kier molecular flexibility index (Phi) is 5.36. The van der Waals surface area contributed by atoms with Crippen LogP contribution in [0.5, 0.6) is 0 Å². The van der Waals surface area contributed by atoms with Crippen LogP contribution < -0.4 is 15.1 Å². The van der Waals surface area contributed by atoms with Gasteiger partial charge in [0.2, 0.25) is 0 Å². The number of anilines is 2. The first-order valence-corrected chi connectivity index (χ1v) is 10.4. The fourth-order valence-electron chi connectivity index (χ4n) is 4.43. The summed E-state index contributed by atoms with van der Waals surface area (Å²) >= 11 is 0. The van der Waals surface area contributed by atoms with Gasteiger partial charge in [0.15, 0.2) is 0 Å². The molecule has 3 aliphatic rings. The molecule has 0 bridgehead atoms. The third-order valence-electron chi connectivity index (χ3n) is 6.13. The number of rotatable bonds is 5. The molecule has 2 aliphatic carbocycles. The molecule has 0 radical (unpaired) electrons. The summed E-state index contributed by atoms with van der Waals surface area (Å²) in [6.45, 7) is 1.66. The van der Waals surface area contributed by atoms with Gasteiger partial charge in [-0.15, -0.1) is 0 Å². The Labute approximate surface area is 162 Å². The zero-order chi connectivity index (χ0) is 18.8. The van der Waals surface area contributed by atoms with E-state index < -0.39 is 0 Å². The number of nitrogens with zero attached hydrogens (tertiary/aromatic N) is 5. The summed E-state index contributed by atoms with van der Waals surface area (Å²) in [7, 11) is 4.02. The van der Waals surface area contributed by atoms with Crippen LogP contribution in [0.3, 0.4) is 0 Å². The smallest absolute Gasteiger partial charge is 0.317 e. The van der Waals surface area contributed by atoms with Crippen LogP contribution in [0.1, 0.15) is 51.4 Å². The zero-order valence-corrected chi connectivity index (χ0v) is 16.6. The number of nitrogens with one attached hydrogen (secondary N) is 1. The number of piperidine rings is 1. The van der Waals surface area contributed by atoms with Gasteiger partial charge < -0.3 is 20.0 Å². The summed E-state index contributed by atoms with van der Waals surface area (Å²) in [5.74, 6) is 1.98. The normalized spacial score (nSPS) is 21.3. The highest BCUT2D eigenvalue weighted by molar-refractivity contribution is 5.74. The molecular formula is C20H32N6O. The molecule has 2 heterocycles. The van der Waals surface area contributed by atoms with Gasteiger partial charge >= 0.3 is 6.03 Å². The Morgan fingerprint density at radius 2 is 1.63 bits per heavy atom. The van der Waals surface area contributed by atoms with E-state index in [9.17, 15) is 4.79 Å². The summed E-state index contributed by atoms with van der Waals surface area (Å²) in [5.41, 5.74) is 0. The van der Waals surface area contributed by atoms with E-state index in [0.29, 0.717) is 18.1 Å². The predicted molar refractivity (Wildman–Crippen MR) is 107 cm³/mol. The minimum atomic E-state index is 0.134. The predicted octanol–water partition coefficient (Wildman–Crippen LogP) is 2.63. The third kappa shape index (κ3) is 4.28. The van der Waals surface area contributed by atoms with Gasteiger partial charge in [0.05, 0.1) is 0 Å². The average molecular weight is 373 g/mol. The summed E-state index contributed by atoms with van der Waals surface area (Å²) < 4.78 is 0. The van der Waals surface area contributed by atoms with Crippen molar-refractivity contribution in [1.82, 2.24) is 20.2 Å². The highest BCUT2D eigenvalue weighted by Crippen LogP contribution is 2.36. The molecule has 2 saturated carbocycles. The van der Waals surface area contributed by atoms with Gasteiger partial charge in [-0.05, 0) is 38.5 Å². The van der Waals surface area contributed by atoms with E-state index in [1.807, 2.05) is 23.9 Å². The summed E-state index contributed by atoms with van der Waals surface area (Å²) in [6.07, 6.45) is 10.9. The molecule has 0 spiro atoms. The molecule has 0 unspecified atom stereocenters. The maximum Gasteiger partial charge on any atom is 0.317 e. The fourth-order valence-corrected chi connectivity index (χ4v) is 4.43. The molecule has 1 aromatic heterocycles. The number of likely N-dealkylation sites (tertiary alicyclic amines) is 1. The molecule has 27 heavy (non-hydrogen) atoms. The number of carbonyl (C=O) groups is 1. The first-order chi connectivity index (χ1) is 13.1. The van der Waals surface area contributed by atoms with Crippen LogP contribution in [-0.4, -0.2) is 66.2 Å². The Morgan fingerprint density at radius 1 is 1.00 bits per heavy atom. The second-order valence-electron chi connectivity index (χ2n) is 8.42. The highest BCUT2D eigenvalue weighted by Gasteiger charge is 2.37. The van der Waals surface area contributed by atoms with E-state index in [1.54, 1.807) is 6.33 Å². The first-order valence-electron chi connectivity index (χ1n) is 10.4. The quantitative estimate of drug-likeness (QED) is 0.861. The maximum absolute atomic E-state index is 12.5. The molecular weight excluding hydrogens is 340 g/mol. The molecule has 1 saturated heterocycles. The fraction of sp³-hybridized carbons (Fsp3) is 0.750. The number of amides is 2. The van der Waals surface area contributed by atoms with E-state index in [4.69, 9.17) is 0 Å². The van der Waals surface area contributed by atoms with Gasteiger partial charge in [-0.1, -0.05) is 12.8 Å². The Balaban J connectivity index is 1.38. The lowest BCUT2D eigenvalue weighted by Gasteiger charge is -2.39. The van der Waals surface area contributed by atoms with Crippen LogP contribution in [0.4, 0.5) is 16.4 Å². The number of aromatic nitrogens is 2. The molecule has 1 aliphatic heterocycles. The molecule has 0 atom stereocenters. The van der Waals surface area contributed by atoms with Crippen molar-refractivity contribution >= 4 is 17.7 Å². The van der Waals surface area contributed by atoms with Crippen molar-refractivity contribution in [3.63, 3.8) is 0 Å². The largest absolute Gasteiger partial charge is 0.363 e. The monoisotopic (exact) mass is 372 g/mol. The van der Waals surface area contributed by atoms with Crippen LogP contribution in [-0.2, 0) is 0 Å². The molecule has 7 nitrogen and oxygen atoms in total. The zero-order valence-electron chi connectivity index (χ0n) is 16.6. The van der Waals surface area contributed by atoms with Gasteiger partial charge in [-0.2, -0.15) is 0 Å². The Morgan fingerprint density at radius 3 is 2.26 bits per heavy atom. The summed E-state index contributed by atoms with van der Waals surface area (Å²) in [4.78, 5) is 28.0. The van der Waals surface area contributed by atoms with E-state index in [-0.39, 0.29) is 6.03 Å². The lowest BCUT2D eigenvalue weighted by Crippen LogP contribution is -2.51. The Bertz CT molecular complexity index is 648. The summed E-state index contributed by atoms with van der Waals surface area (Å²) in [6, 6.07) is 3.67. The summed E-state index contributed by atoms with van der Waals surface area (Å²) in [5, 5.41) is 3.23. The second-order valence-corrected chi connectivity index (χ2v) is 8.42. The molecule has 1 aromatic rings. The second kappa shape index (κ2) is 7.90. The molecule has 2 amide bonds. The van der Waals surface area contributed by atoms with E-state index in [2.05, 4.69) is 26.3 Å². The van der Waals surface area contributed by atoms with Gasteiger partial charge in [0, 0.05) is 51.4 Å². The van der Waals surface area contributed by atoms with Crippen molar-refractivity contribution in [1.29, 1.82) is 0 Å². The van der Waals surface area contributed by atoms with Crippen LogP contribution in [0, 0.1) is 0 Å². The minimum Gasteiger partial charge on any atom is -0.363 e. The Hall–Kier alpha value is -2.05. The van der Waals surface area contributed by atoms with Crippen LogP contribution >= 0.6 is 0 Å². The molecule has 4 rings (SSSR count). The number of hydrogen-bond acceptors (Lipinski definition) is 5. The molecule has 1 N–H and O–H groups in total. The first kappa shape index (κ1) is 18.3. The van der Waals surface area contributed by atoms with Gasteiger partial charge in [0.25, 0.3) is 0 Å². The van der Waals surface area contributed by atoms with Crippen molar-refractivity contribution in [2.24, 2.45) is 0 Å². The van der Waals surface area contributed by atoms with Crippen LogP contribution in [0.15, 0.2) is 12.4 Å². The molecule has 7 heteroatoms. The van der Waals surface area contributed by atoms with Crippen molar-refractivity contribution in [3.05, 3.63) is 12.4 Å². The van der Waals surface area contributed by atoms with Crippen molar-refractivity contribution in [2.75, 3.05) is 37.0 Å². The SMILES string of the molecule is CN(C)c1cc(N(C2CC2)C2CCN(C(=O)NC3CCCC3)CC2)ncn1. The van der Waals surface area contributed by atoms with Crippen molar-refractivity contribution in [2.45, 2.75) is 69.5 Å². The van der Waals surface area contributed by atoms with Crippen LogP contribution in [0.2, 0.25) is 0 Å². The van der Waals surface area contributed by atoms with Crippen molar-refractivity contribution in [3.8, 4) is 0 Å². The van der Waals surface area contributed by atoms with E-state index >= 15 is 0 Å². The number of urea groups is 1. The van der Waals surface area contributed by atoms with Crippen LogP contribution in [0.25, 0.3) is 0 Å². The molecule has 0 aromatic carbocycles. The van der Waals surface area contributed by atoms with Crippen molar-refractivity contribution < 1.29 is 4.79 Å². The van der Waals surface area contributed by atoms with Gasteiger partial charge in [-0.25, -0.2) is 14.8 Å². The highest BCUT2D eigenvalue weighted by atomic mass is 16.2. The number of carbonyl (C=O) groups excluding carboxylic acids is 1. The minimum absolute atomic E-state index is 0.134. The number of hydrogen-bond donors (Lipinski definition) is 1. The van der Waals surface area contributed by atoms with E-state index in [1.165, 1.54) is 25.7 Å². The van der Waals surface area contributed by atoms with E-state index in [0.717, 1.165) is 50.4 Å². The lowest BCUT2D eigenvalue weighted by molar-refractivity contribution is 0.176.